The minimum absolute atomic E-state index is 0.0000634. The van der Waals surface area contributed by atoms with Crippen LogP contribution in [0, 0.1) is 0 Å². The smallest absolute Gasteiger partial charge is 0.195 e. The molecule has 0 atom stereocenters. The molecule has 1 aliphatic carbocycles. The van der Waals surface area contributed by atoms with Gasteiger partial charge in [-0.2, -0.15) is 0 Å². The highest BCUT2D eigenvalue weighted by atomic mass is 16.5. The van der Waals surface area contributed by atoms with Crippen LogP contribution in [-0.4, -0.2) is 70.6 Å². The lowest BCUT2D eigenvalue weighted by Gasteiger charge is -2.36. The predicted octanol–water partition coefficient (Wildman–Crippen LogP) is 3.50. The second-order valence-electron chi connectivity index (χ2n) is 9.55. The van der Waals surface area contributed by atoms with Crippen LogP contribution >= 0.6 is 0 Å². The summed E-state index contributed by atoms with van der Waals surface area (Å²) in [5.74, 6) is 0.692. The molecule has 0 amide bonds. The largest absolute Gasteiger partial charge is 0.489 e. The highest BCUT2D eigenvalue weighted by molar-refractivity contribution is 6.20. The number of nitrogens with one attached hydrogen (secondary N) is 1. The molecule has 2 heterocycles. The molecule has 3 N–H and O–H groups in total. The van der Waals surface area contributed by atoms with E-state index < -0.39 is 5.41 Å². The molecule has 3 aromatic rings. The molecule has 0 spiro atoms. The zero-order chi connectivity index (χ0) is 24.6. The number of nitrogen functional groups attached to an aromatic ring is 1. The van der Waals surface area contributed by atoms with E-state index in [2.05, 4.69) is 29.8 Å². The first-order valence-corrected chi connectivity index (χ1v) is 12.1. The monoisotopic (exact) mass is 479 g/mol. The van der Waals surface area contributed by atoms with E-state index in [9.17, 15) is 4.79 Å². The Hall–Kier alpha value is -3.07. The van der Waals surface area contributed by atoms with Gasteiger partial charge < -0.3 is 34.6 Å². The maximum Gasteiger partial charge on any atom is 0.195 e. The van der Waals surface area contributed by atoms with Crippen molar-refractivity contribution in [1.29, 1.82) is 0 Å². The van der Waals surface area contributed by atoms with E-state index >= 15 is 0 Å². The Morgan fingerprint density at radius 3 is 2.63 bits per heavy atom. The number of hydrogen-bond donors (Lipinski definition) is 2. The number of fused-ring (bicyclic) bond motifs is 4. The summed E-state index contributed by atoms with van der Waals surface area (Å²) in [7, 11) is 1.65. The van der Waals surface area contributed by atoms with Gasteiger partial charge in [0.05, 0.1) is 44.3 Å². The SMILES string of the molecule is COCCOCCOc1cc2c(cc1N1CCOCC1)C(C)(C)c1[nH]c3cc(N)ccc3c1C2=O. The van der Waals surface area contributed by atoms with E-state index in [4.69, 9.17) is 24.7 Å². The van der Waals surface area contributed by atoms with Crippen LogP contribution in [0.4, 0.5) is 11.4 Å². The molecular formula is C27H33N3O5. The Bertz CT molecular complexity index is 1240. The van der Waals surface area contributed by atoms with Crippen molar-refractivity contribution < 1.29 is 23.7 Å². The van der Waals surface area contributed by atoms with Crippen molar-refractivity contribution in [3.63, 3.8) is 0 Å². The lowest BCUT2D eigenvalue weighted by Crippen LogP contribution is -2.37. The summed E-state index contributed by atoms with van der Waals surface area (Å²) < 4.78 is 22.4. The highest BCUT2D eigenvalue weighted by Crippen LogP contribution is 2.47. The number of aromatic nitrogens is 1. The van der Waals surface area contributed by atoms with Gasteiger partial charge in [0.15, 0.2) is 5.78 Å². The average Bonchev–Trinajstić information content (AvgIpc) is 3.25. The number of ether oxygens (including phenoxy) is 4. The predicted molar refractivity (Wildman–Crippen MR) is 136 cm³/mol. The first-order valence-electron chi connectivity index (χ1n) is 12.1. The van der Waals surface area contributed by atoms with Crippen molar-refractivity contribution in [3.05, 3.63) is 52.7 Å². The molecule has 2 aromatic carbocycles. The number of nitrogens with zero attached hydrogens (tertiary/aromatic N) is 1. The van der Waals surface area contributed by atoms with Crippen molar-refractivity contribution in [1.82, 2.24) is 4.98 Å². The number of rotatable bonds is 8. The number of morpholine rings is 1. The van der Waals surface area contributed by atoms with E-state index in [0.29, 0.717) is 62.2 Å². The fourth-order valence-electron chi connectivity index (χ4n) is 5.08. The van der Waals surface area contributed by atoms with Crippen LogP contribution in [0.25, 0.3) is 10.9 Å². The third kappa shape index (κ3) is 4.26. The van der Waals surface area contributed by atoms with Gasteiger partial charge in [0.1, 0.15) is 12.4 Å². The molecule has 1 saturated heterocycles. The Morgan fingerprint density at radius 2 is 1.86 bits per heavy atom. The summed E-state index contributed by atoms with van der Waals surface area (Å²) in [5.41, 5.74) is 11.4. The molecule has 0 radical (unpaired) electrons. The first kappa shape index (κ1) is 23.7. The number of methoxy groups -OCH3 is 1. The lowest BCUT2D eigenvalue weighted by molar-refractivity contribution is 0.0544. The molecule has 1 fully saturated rings. The van der Waals surface area contributed by atoms with Gasteiger partial charge in [-0.05, 0) is 29.8 Å². The van der Waals surface area contributed by atoms with Gasteiger partial charge >= 0.3 is 0 Å². The standard InChI is InChI=1S/C27H33N3O5/c1-27(2)20-16-22(30-6-8-33-9-7-30)23(35-13-12-34-11-10-32-3)15-19(20)25(31)24-18-5-4-17(28)14-21(18)29-26(24)27/h4-5,14-16,29H,6-13,28H2,1-3H3. The van der Waals surface area contributed by atoms with Crippen molar-refractivity contribution in [2.75, 3.05) is 70.5 Å². The van der Waals surface area contributed by atoms with Crippen molar-refractivity contribution >= 4 is 28.1 Å². The summed E-state index contributed by atoms with van der Waals surface area (Å²) in [6, 6.07) is 9.70. The zero-order valence-electron chi connectivity index (χ0n) is 20.6. The second-order valence-corrected chi connectivity index (χ2v) is 9.55. The fourth-order valence-corrected chi connectivity index (χ4v) is 5.08. The third-order valence-electron chi connectivity index (χ3n) is 6.96. The maximum atomic E-state index is 13.9. The summed E-state index contributed by atoms with van der Waals surface area (Å²) in [5, 5.41) is 0.893. The molecular weight excluding hydrogens is 446 g/mol. The molecule has 8 nitrogen and oxygen atoms in total. The van der Waals surface area contributed by atoms with Gasteiger partial charge in [-0.15, -0.1) is 0 Å². The number of ketones is 1. The Balaban J connectivity index is 1.56. The summed E-state index contributed by atoms with van der Waals surface area (Å²) in [4.78, 5) is 19.6. The number of hydrogen-bond acceptors (Lipinski definition) is 7. The molecule has 2 aliphatic rings. The topological polar surface area (TPSA) is 99.0 Å². The number of nitrogens with two attached hydrogens (primary N) is 1. The number of benzene rings is 2. The molecule has 0 saturated carbocycles. The van der Waals surface area contributed by atoms with Crippen LogP contribution in [0.2, 0.25) is 0 Å². The molecule has 0 bridgehead atoms. The normalized spacial score (nSPS) is 16.9. The quantitative estimate of drug-likeness (QED) is 0.377. The third-order valence-corrected chi connectivity index (χ3v) is 6.96. The van der Waals surface area contributed by atoms with E-state index in [-0.39, 0.29) is 5.78 Å². The van der Waals surface area contributed by atoms with Gasteiger partial charge in [0, 0.05) is 53.5 Å². The van der Waals surface area contributed by atoms with Crippen LogP contribution in [0.15, 0.2) is 30.3 Å². The van der Waals surface area contributed by atoms with E-state index in [1.165, 1.54) is 0 Å². The number of H-pyrrole nitrogens is 1. The molecule has 35 heavy (non-hydrogen) atoms. The average molecular weight is 480 g/mol. The van der Waals surface area contributed by atoms with Gasteiger partial charge in [-0.3, -0.25) is 4.79 Å². The van der Waals surface area contributed by atoms with Crippen LogP contribution in [0.5, 0.6) is 5.75 Å². The van der Waals surface area contributed by atoms with Crippen LogP contribution < -0.4 is 15.4 Å². The number of aromatic amines is 1. The lowest BCUT2D eigenvalue weighted by atomic mass is 9.71. The first-order chi connectivity index (χ1) is 16.9. The number of carbonyl (C=O) groups is 1. The van der Waals surface area contributed by atoms with Crippen LogP contribution in [0.1, 0.15) is 41.0 Å². The Labute approximate surface area is 205 Å². The van der Waals surface area contributed by atoms with E-state index in [1.807, 2.05) is 24.3 Å². The summed E-state index contributed by atoms with van der Waals surface area (Å²) in [6.45, 7) is 9.05. The van der Waals surface area contributed by atoms with Gasteiger partial charge in [-0.25, -0.2) is 0 Å². The molecule has 1 aliphatic heterocycles. The summed E-state index contributed by atoms with van der Waals surface area (Å²) >= 11 is 0. The minimum Gasteiger partial charge on any atom is -0.489 e. The minimum atomic E-state index is -0.408. The molecule has 186 valence electrons. The highest BCUT2D eigenvalue weighted by Gasteiger charge is 2.41. The fraction of sp³-hybridized carbons (Fsp3) is 0.444. The Morgan fingerprint density at radius 1 is 1.09 bits per heavy atom. The Kier molecular flexibility index (Phi) is 6.44. The van der Waals surface area contributed by atoms with Gasteiger partial charge in [0.25, 0.3) is 0 Å². The molecule has 8 heteroatoms. The molecule has 1 aromatic heterocycles. The second kappa shape index (κ2) is 9.53. The maximum absolute atomic E-state index is 13.9. The molecule has 0 unspecified atom stereocenters. The number of anilines is 2. The van der Waals surface area contributed by atoms with Gasteiger partial charge in [-0.1, -0.05) is 19.9 Å². The van der Waals surface area contributed by atoms with E-state index in [0.717, 1.165) is 40.9 Å². The van der Waals surface area contributed by atoms with Crippen LogP contribution in [-0.2, 0) is 19.6 Å². The zero-order valence-corrected chi connectivity index (χ0v) is 20.6. The van der Waals surface area contributed by atoms with Crippen molar-refractivity contribution in [3.8, 4) is 5.75 Å². The van der Waals surface area contributed by atoms with Crippen LogP contribution in [0.3, 0.4) is 0 Å². The van der Waals surface area contributed by atoms with Crippen molar-refractivity contribution in [2.45, 2.75) is 19.3 Å². The molecule has 5 rings (SSSR count). The van der Waals surface area contributed by atoms with Gasteiger partial charge in [0.2, 0.25) is 0 Å². The number of carbonyl (C=O) groups excluding carboxylic acids is 1. The van der Waals surface area contributed by atoms with Crippen molar-refractivity contribution in [2.24, 2.45) is 0 Å². The summed E-state index contributed by atoms with van der Waals surface area (Å²) in [6.07, 6.45) is 0. The van der Waals surface area contributed by atoms with E-state index in [1.54, 1.807) is 7.11 Å².